The summed E-state index contributed by atoms with van der Waals surface area (Å²) in [6.07, 6.45) is 3.62. The lowest BCUT2D eigenvalue weighted by Gasteiger charge is -2.20. The second-order valence-corrected chi connectivity index (χ2v) is 6.65. The van der Waals surface area contributed by atoms with Gasteiger partial charge in [0, 0.05) is 13.1 Å². The van der Waals surface area contributed by atoms with Gasteiger partial charge in [-0.2, -0.15) is 4.31 Å². The summed E-state index contributed by atoms with van der Waals surface area (Å²) >= 11 is 0. The maximum Gasteiger partial charge on any atom is 0.245 e. The van der Waals surface area contributed by atoms with Crippen molar-refractivity contribution in [3.63, 3.8) is 0 Å². The van der Waals surface area contributed by atoms with Crippen LogP contribution in [0.3, 0.4) is 0 Å². The SMILES string of the molecule is O=S(=O)(c1cc(CO)ccc1F)N1CCCCCC1. The Hall–Kier alpha value is -0.980. The fourth-order valence-corrected chi connectivity index (χ4v) is 3.90. The molecule has 1 heterocycles. The van der Waals surface area contributed by atoms with Crippen LogP contribution in [0.4, 0.5) is 4.39 Å². The van der Waals surface area contributed by atoms with E-state index in [1.54, 1.807) is 0 Å². The van der Waals surface area contributed by atoms with Crippen molar-refractivity contribution in [1.82, 2.24) is 4.31 Å². The fourth-order valence-electron chi connectivity index (χ4n) is 2.26. The van der Waals surface area contributed by atoms with Crippen molar-refractivity contribution in [3.8, 4) is 0 Å². The molecule has 1 N–H and O–H groups in total. The second-order valence-electron chi connectivity index (χ2n) is 4.74. The number of benzene rings is 1. The maximum absolute atomic E-state index is 13.8. The highest BCUT2D eigenvalue weighted by molar-refractivity contribution is 7.89. The van der Waals surface area contributed by atoms with Crippen LogP contribution in [0, 0.1) is 5.82 Å². The zero-order chi connectivity index (χ0) is 13.9. The summed E-state index contributed by atoms with van der Waals surface area (Å²) in [5, 5.41) is 9.04. The Labute approximate surface area is 112 Å². The Morgan fingerprint density at radius 2 is 1.79 bits per heavy atom. The normalized spacial score (nSPS) is 18.2. The third-order valence-corrected chi connectivity index (χ3v) is 5.27. The average Bonchev–Trinajstić information content (AvgIpc) is 2.68. The van der Waals surface area contributed by atoms with E-state index in [1.165, 1.54) is 16.4 Å². The van der Waals surface area contributed by atoms with E-state index in [2.05, 4.69) is 0 Å². The van der Waals surface area contributed by atoms with Gasteiger partial charge in [-0.25, -0.2) is 12.8 Å². The van der Waals surface area contributed by atoms with Crippen LogP contribution in [0.2, 0.25) is 0 Å². The van der Waals surface area contributed by atoms with Gasteiger partial charge in [0.2, 0.25) is 10.0 Å². The van der Waals surface area contributed by atoms with Gasteiger partial charge in [-0.05, 0) is 30.5 Å². The molecule has 1 aliphatic rings. The third kappa shape index (κ3) is 3.13. The van der Waals surface area contributed by atoms with Crippen molar-refractivity contribution in [2.75, 3.05) is 13.1 Å². The van der Waals surface area contributed by atoms with Crippen molar-refractivity contribution in [1.29, 1.82) is 0 Å². The fraction of sp³-hybridized carbons (Fsp3) is 0.538. The molecule has 106 valence electrons. The minimum Gasteiger partial charge on any atom is -0.392 e. The number of aliphatic hydroxyl groups excluding tert-OH is 1. The third-order valence-electron chi connectivity index (χ3n) is 3.36. The molecule has 0 aliphatic carbocycles. The molecule has 1 aromatic rings. The van der Waals surface area contributed by atoms with Crippen LogP contribution < -0.4 is 0 Å². The molecule has 1 fully saturated rings. The summed E-state index contributed by atoms with van der Waals surface area (Å²) in [6, 6.07) is 3.70. The van der Waals surface area contributed by atoms with Crippen LogP contribution in [0.1, 0.15) is 31.2 Å². The van der Waals surface area contributed by atoms with Gasteiger partial charge in [-0.1, -0.05) is 18.9 Å². The molecule has 0 spiro atoms. The van der Waals surface area contributed by atoms with Crippen LogP contribution >= 0.6 is 0 Å². The van der Waals surface area contributed by atoms with E-state index in [4.69, 9.17) is 5.11 Å². The maximum atomic E-state index is 13.8. The summed E-state index contributed by atoms with van der Waals surface area (Å²) in [5.41, 5.74) is 0.398. The first-order valence-electron chi connectivity index (χ1n) is 6.45. The summed E-state index contributed by atoms with van der Waals surface area (Å²) in [4.78, 5) is -0.332. The van der Waals surface area contributed by atoms with Crippen molar-refractivity contribution < 1.29 is 17.9 Å². The van der Waals surface area contributed by atoms with E-state index in [0.29, 0.717) is 18.7 Å². The van der Waals surface area contributed by atoms with Gasteiger partial charge in [0.15, 0.2) is 0 Å². The molecule has 0 atom stereocenters. The minimum absolute atomic E-state index is 0.303. The molecule has 0 radical (unpaired) electrons. The molecule has 1 aliphatic heterocycles. The van der Waals surface area contributed by atoms with Gasteiger partial charge in [-0.15, -0.1) is 0 Å². The van der Waals surface area contributed by atoms with Crippen LogP contribution in [-0.4, -0.2) is 30.9 Å². The number of hydrogen-bond acceptors (Lipinski definition) is 3. The van der Waals surface area contributed by atoms with Crippen molar-refractivity contribution in [2.24, 2.45) is 0 Å². The van der Waals surface area contributed by atoms with Gasteiger partial charge in [0.05, 0.1) is 6.61 Å². The topological polar surface area (TPSA) is 57.6 Å². The number of aliphatic hydroxyl groups is 1. The van der Waals surface area contributed by atoms with Gasteiger partial charge >= 0.3 is 0 Å². The van der Waals surface area contributed by atoms with Crippen LogP contribution in [-0.2, 0) is 16.6 Å². The molecule has 19 heavy (non-hydrogen) atoms. The number of halogens is 1. The van der Waals surface area contributed by atoms with Gasteiger partial charge in [0.25, 0.3) is 0 Å². The lowest BCUT2D eigenvalue weighted by atomic mass is 10.2. The summed E-state index contributed by atoms with van der Waals surface area (Å²) < 4.78 is 40.0. The highest BCUT2D eigenvalue weighted by Gasteiger charge is 2.28. The number of nitrogens with zero attached hydrogens (tertiary/aromatic N) is 1. The monoisotopic (exact) mass is 287 g/mol. The molecule has 0 unspecified atom stereocenters. The van der Waals surface area contributed by atoms with E-state index < -0.39 is 15.8 Å². The molecule has 4 nitrogen and oxygen atoms in total. The van der Waals surface area contributed by atoms with E-state index >= 15 is 0 Å². The molecule has 0 bridgehead atoms. The van der Waals surface area contributed by atoms with Gasteiger partial charge < -0.3 is 5.11 Å². The van der Waals surface area contributed by atoms with Crippen molar-refractivity contribution >= 4 is 10.0 Å². The number of rotatable bonds is 3. The smallest absolute Gasteiger partial charge is 0.245 e. The zero-order valence-electron chi connectivity index (χ0n) is 10.7. The first-order chi connectivity index (χ1) is 9.05. The van der Waals surface area contributed by atoms with Crippen LogP contribution in [0.25, 0.3) is 0 Å². The summed E-state index contributed by atoms with van der Waals surface area (Å²) in [5.74, 6) is -0.763. The second kappa shape index (κ2) is 5.98. The Morgan fingerprint density at radius 3 is 2.37 bits per heavy atom. The number of sulfonamides is 1. The standard InChI is InChI=1S/C13H18FNO3S/c14-12-6-5-11(10-16)9-13(12)19(17,18)15-7-3-1-2-4-8-15/h5-6,9,16H,1-4,7-8,10H2. The van der Waals surface area contributed by atoms with Gasteiger partial charge in [0.1, 0.15) is 10.7 Å². The molecule has 0 amide bonds. The Morgan fingerprint density at radius 1 is 1.16 bits per heavy atom. The first kappa shape index (κ1) is 14.4. The first-order valence-corrected chi connectivity index (χ1v) is 7.89. The lowest BCUT2D eigenvalue weighted by Crippen LogP contribution is -2.32. The highest BCUT2D eigenvalue weighted by atomic mass is 32.2. The van der Waals surface area contributed by atoms with E-state index in [1.807, 2.05) is 0 Å². The molecule has 0 aromatic heterocycles. The van der Waals surface area contributed by atoms with Crippen molar-refractivity contribution in [2.45, 2.75) is 37.2 Å². The van der Waals surface area contributed by atoms with Crippen molar-refractivity contribution in [3.05, 3.63) is 29.6 Å². The van der Waals surface area contributed by atoms with E-state index in [9.17, 15) is 12.8 Å². The molecular formula is C13H18FNO3S. The lowest BCUT2D eigenvalue weighted by molar-refractivity contribution is 0.281. The number of hydrogen-bond donors (Lipinski definition) is 1. The minimum atomic E-state index is -3.80. The Kier molecular flexibility index (Phi) is 4.54. The average molecular weight is 287 g/mol. The molecule has 2 rings (SSSR count). The van der Waals surface area contributed by atoms with E-state index in [-0.39, 0.29) is 11.5 Å². The van der Waals surface area contributed by atoms with Crippen LogP contribution in [0.15, 0.2) is 23.1 Å². The van der Waals surface area contributed by atoms with Crippen LogP contribution in [0.5, 0.6) is 0 Å². The predicted molar refractivity (Wildman–Crippen MR) is 69.5 cm³/mol. The quantitative estimate of drug-likeness (QED) is 0.923. The largest absolute Gasteiger partial charge is 0.392 e. The molecular weight excluding hydrogens is 269 g/mol. The highest BCUT2D eigenvalue weighted by Crippen LogP contribution is 2.23. The van der Waals surface area contributed by atoms with E-state index in [0.717, 1.165) is 31.7 Å². The Balaban J connectivity index is 2.37. The molecule has 6 heteroatoms. The summed E-state index contributed by atoms with van der Waals surface area (Å²) in [7, 11) is -3.80. The molecule has 1 saturated heterocycles. The molecule has 1 aromatic carbocycles. The predicted octanol–water partition coefficient (Wildman–Crippen LogP) is 1.88. The molecule has 0 saturated carbocycles. The summed E-state index contributed by atoms with van der Waals surface area (Å²) in [6.45, 7) is 0.569. The van der Waals surface area contributed by atoms with Gasteiger partial charge in [-0.3, -0.25) is 0 Å². The zero-order valence-corrected chi connectivity index (χ0v) is 11.5. The Bertz CT molecular complexity index is 537.